The maximum absolute atomic E-state index is 12.5. The fourth-order valence-corrected chi connectivity index (χ4v) is 5.32. The zero-order valence-electron chi connectivity index (χ0n) is 26.3. The number of benzene rings is 3. The van der Waals surface area contributed by atoms with Gasteiger partial charge in [-0.3, -0.25) is 5.43 Å². The second kappa shape index (κ2) is 16.9. The highest BCUT2D eigenvalue weighted by atomic mass is 79.9. The van der Waals surface area contributed by atoms with Crippen molar-refractivity contribution in [3.63, 3.8) is 0 Å². The predicted octanol–water partition coefficient (Wildman–Crippen LogP) is 5.60. The highest BCUT2D eigenvalue weighted by Crippen LogP contribution is 2.38. The van der Waals surface area contributed by atoms with Crippen molar-refractivity contribution in [2.24, 2.45) is 5.10 Å². The third-order valence-corrected chi connectivity index (χ3v) is 7.58. The minimum absolute atomic E-state index is 0.168. The summed E-state index contributed by atoms with van der Waals surface area (Å²) in [5, 5.41) is 20.6. The molecule has 4 rings (SSSR count). The quantitative estimate of drug-likeness (QED) is 0.0679. The Balaban J connectivity index is 1.40. The van der Waals surface area contributed by atoms with Gasteiger partial charge in [0.15, 0.2) is 29.2 Å². The van der Waals surface area contributed by atoms with Gasteiger partial charge in [-0.05, 0) is 89.8 Å². The summed E-state index contributed by atoms with van der Waals surface area (Å²) in [6, 6.07) is 14.8. The number of allylic oxidation sites excluding steroid dienone is 1. The van der Waals surface area contributed by atoms with Crippen LogP contribution in [0.3, 0.4) is 0 Å². The van der Waals surface area contributed by atoms with Crippen LogP contribution in [0.2, 0.25) is 5.02 Å². The number of nitrogens with one attached hydrogen (secondary N) is 3. The first kappa shape index (κ1) is 35.4. The Kier molecular flexibility index (Phi) is 12.7. The van der Waals surface area contributed by atoms with Crippen molar-refractivity contribution in [3.8, 4) is 23.0 Å². The Morgan fingerprint density at radius 1 is 1.04 bits per heavy atom. The van der Waals surface area contributed by atoms with Gasteiger partial charge in [0.1, 0.15) is 13.2 Å². The van der Waals surface area contributed by atoms with Crippen molar-refractivity contribution >= 4 is 45.7 Å². The maximum Gasteiger partial charge on any atom is 0.337 e. The second-order valence-electron chi connectivity index (χ2n) is 10.1. The van der Waals surface area contributed by atoms with Crippen molar-refractivity contribution in [3.05, 3.63) is 92.1 Å². The van der Waals surface area contributed by atoms with Gasteiger partial charge in [-0.2, -0.15) is 5.10 Å². The van der Waals surface area contributed by atoms with Crippen LogP contribution in [0, 0.1) is 0 Å². The Hall–Kier alpha value is -4.46. The zero-order valence-corrected chi connectivity index (χ0v) is 28.6. The summed E-state index contributed by atoms with van der Waals surface area (Å²) >= 11 is 9.53. The molecule has 1 aliphatic heterocycles. The molecule has 1 heterocycles. The van der Waals surface area contributed by atoms with Gasteiger partial charge in [-0.1, -0.05) is 29.8 Å². The van der Waals surface area contributed by atoms with Crippen molar-refractivity contribution in [2.45, 2.75) is 39.6 Å². The Labute approximate surface area is 286 Å². The molecule has 1 aliphatic rings. The highest BCUT2D eigenvalue weighted by Gasteiger charge is 2.32. The number of hydrazone groups is 1. The lowest BCUT2D eigenvalue weighted by Crippen LogP contribution is -2.45. The summed E-state index contributed by atoms with van der Waals surface area (Å²) in [5.41, 5.74) is 5.51. The molecule has 4 N–H and O–H groups in total. The number of amides is 2. The molecule has 0 fully saturated rings. The molecule has 3 aromatic carbocycles. The average molecular weight is 732 g/mol. The largest absolute Gasteiger partial charge is 0.490 e. The van der Waals surface area contributed by atoms with Gasteiger partial charge in [0.05, 0.1) is 42.6 Å². The van der Waals surface area contributed by atoms with E-state index < -0.39 is 24.3 Å². The van der Waals surface area contributed by atoms with E-state index in [4.69, 9.17) is 35.3 Å². The molecule has 250 valence electrons. The molecule has 0 spiro atoms. The van der Waals surface area contributed by atoms with Gasteiger partial charge >= 0.3 is 12.0 Å². The second-order valence-corrected chi connectivity index (χ2v) is 11.4. The van der Waals surface area contributed by atoms with E-state index in [0.717, 1.165) is 5.56 Å². The van der Waals surface area contributed by atoms with Gasteiger partial charge in [0.2, 0.25) is 0 Å². The maximum atomic E-state index is 12.5. The number of aliphatic hydroxyl groups is 1. The van der Waals surface area contributed by atoms with Gasteiger partial charge in [0, 0.05) is 10.7 Å². The van der Waals surface area contributed by atoms with Crippen LogP contribution in [0.4, 0.5) is 4.79 Å². The first-order chi connectivity index (χ1) is 22.6. The molecule has 2 amide bonds. The summed E-state index contributed by atoms with van der Waals surface area (Å²) in [6.07, 6.45) is 0.360. The molecule has 0 aromatic heterocycles. The van der Waals surface area contributed by atoms with Crippen molar-refractivity contribution in [2.75, 3.05) is 26.9 Å². The summed E-state index contributed by atoms with van der Waals surface area (Å²) in [7, 11) is 1.27. The van der Waals surface area contributed by atoms with E-state index in [2.05, 4.69) is 37.1 Å². The van der Waals surface area contributed by atoms with E-state index in [1.807, 2.05) is 32.0 Å². The van der Waals surface area contributed by atoms with E-state index in [0.29, 0.717) is 69.1 Å². The number of carbonyl (C=O) groups excluding carboxylic acids is 2. The third kappa shape index (κ3) is 9.53. The Morgan fingerprint density at radius 3 is 2.47 bits per heavy atom. The average Bonchev–Trinajstić information content (AvgIpc) is 3.04. The van der Waals surface area contributed by atoms with Crippen molar-refractivity contribution in [1.29, 1.82) is 0 Å². The molecule has 0 unspecified atom stereocenters. The minimum Gasteiger partial charge on any atom is -0.490 e. The van der Waals surface area contributed by atoms with Crippen LogP contribution in [0.5, 0.6) is 23.0 Å². The molecule has 2 atom stereocenters. The summed E-state index contributed by atoms with van der Waals surface area (Å²) in [4.78, 5) is 24.6. The Bertz CT molecular complexity index is 1630. The topological polar surface area (TPSA) is 149 Å². The minimum atomic E-state index is -1.17. The fourth-order valence-electron chi connectivity index (χ4n) is 4.62. The molecule has 0 saturated heterocycles. The number of carbonyl (C=O) groups is 2. The smallest absolute Gasteiger partial charge is 0.337 e. The number of hydrogen-bond acceptors (Lipinski definition) is 10. The number of rotatable bonds is 15. The number of nitrogens with zero attached hydrogens (tertiary/aromatic N) is 1. The highest BCUT2D eigenvalue weighted by molar-refractivity contribution is 9.10. The number of methoxy groups -OCH3 is 1. The van der Waals surface area contributed by atoms with Gasteiger partial charge in [-0.25, -0.2) is 9.59 Å². The molecule has 0 radical (unpaired) electrons. The summed E-state index contributed by atoms with van der Waals surface area (Å²) < 4.78 is 29.0. The monoisotopic (exact) mass is 730 g/mol. The van der Waals surface area contributed by atoms with Crippen LogP contribution in [0.15, 0.2) is 75.4 Å². The van der Waals surface area contributed by atoms with Crippen LogP contribution in [0.25, 0.3) is 0 Å². The zero-order chi connectivity index (χ0) is 33.9. The molecular weight excluding hydrogens is 696 g/mol. The Morgan fingerprint density at radius 2 is 1.77 bits per heavy atom. The number of urea groups is 1. The molecule has 12 nitrogen and oxygen atoms in total. The lowest BCUT2D eigenvalue weighted by atomic mass is 9.95. The lowest BCUT2D eigenvalue weighted by Gasteiger charge is -2.28. The fraction of sp³-hybridized carbons (Fsp3) is 0.303. The van der Waals surface area contributed by atoms with Crippen LogP contribution in [-0.4, -0.2) is 56.5 Å². The van der Waals surface area contributed by atoms with Crippen LogP contribution >= 0.6 is 27.5 Å². The number of aliphatic hydroxyl groups excluding tert-OH is 1. The SMILES string of the molecule is CCOc1cc([C@H]2NC(=O)NC(C)=C2C(=O)OC)ccc1OC[C@H](O)N/N=C/c1cc(Br)c(OCc2ccc(Cl)cc2)c(OCC)c1. The lowest BCUT2D eigenvalue weighted by molar-refractivity contribution is -0.136. The normalized spacial score (nSPS) is 15.0. The van der Waals surface area contributed by atoms with Gasteiger partial charge in [-0.15, -0.1) is 0 Å². The van der Waals surface area contributed by atoms with E-state index in [-0.39, 0.29) is 12.2 Å². The third-order valence-electron chi connectivity index (χ3n) is 6.74. The van der Waals surface area contributed by atoms with Gasteiger partial charge in [0.25, 0.3) is 0 Å². The molecule has 3 aromatic rings. The summed E-state index contributed by atoms with van der Waals surface area (Å²) in [6.45, 7) is 6.23. The number of ether oxygens (including phenoxy) is 5. The van der Waals surface area contributed by atoms with Crippen molar-refractivity contribution < 1.29 is 38.4 Å². The van der Waals surface area contributed by atoms with Crippen LogP contribution in [0.1, 0.15) is 43.5 Å². The summed E-state index contributed by atoms with van der Waals surface area (Å²) in [5.74, 6) is 1.21. The van der Waals surface area contributed by atoms with E-state index in [1.54, 1.807) is 43.3 Å². The standard InChI is InChI=1S/C33H36BrClN4O8/c1-5-44-26-15-22(30-29(32(41)43-4)19(3)37-33(42)38-30)9-12-25(26)46-18-28(40)39-36-16-21-13-24(34)31(27(14-21)45-6-2)47-17-20-7-10-23(35)11-8-20/h7-16,28,30,39-40H,5-6,17-18H2,1-4H3,(H2,37,38,42)/b36-16+/t28-,30+/m0/s1. The molecule has 14 heteroatoms. The number of esters is 1. The molecule has 47 heavy (non-hydrogen) atoms. The molecule has 0 saturated carbocycles. The predicted molar refractivity (Wildman–Crippen MR) is 180 cm³/mol. The van der Waals surface area contributed by atoms with Gasteiger partial charge < -0.3 is 39.4 Å². The van der Waals surface area contributed by atoms with Crippen molar-refractivity contribution in [1.82, 2.24) is 16.1 Å². The van der Waals surface area contributed by atoms with E-state index in [9.17, 15) is 14.7 Å². The number of hydrogen-bond donors (Lipinski definition) is 4. The van der Waals surface area contributed by atoms with Crippen LogP contribution < -0.4 is 35.0 Å². The van der Waals surface area contributed by atoms with Crippen LogP contribution in [-0.2, 0) is 16.1 Å². The first-order valence-electron chi connectivity index (χ1n) is 14.7. The molecular formula is C33H36BrClN4O8. The molecule has 0 bridgehead atoms. The first-order valence-corrected chi connectivity index (χ1v) is 15.9. The number of halogens is 2. The van der Waals surface area contributed by atoms with E-state index >= 15 is 0 Å². The molecule has 0 aliphatic carbocycles. The van der Waals surface area contributed by atoms with E-state index in [1.165, 1.54) is 13.3 Å².